The van der Waals surface area contributed by atoms with E-state index in [0.717, 1.165) is 11.3 Å². The van der Waals surface area contributed by atoms with E-state index in [1.54, 1.807) is 18.3 Å². The third-order valence-corrected chi connectivity index (χ3v) is 4.90. The van der Waals surface area contributed by atoms with Crippen LogP contribution >= 0.6 is 11.8 Å². The van der Waals surface area contributed by atoms with Crippen LogP contribution in [0.5, 0.6) is 0 Å². The molecular formula is C18H15FN6OS. The number of rotatable bonds is 5. The van der Waals surface area contributed by atoms with Crippen LogP contribution in [-0.4, -0.2) is 29.9 Å². The molecule has 0 amide bonds. The number of halogens is 1. The first-order valence-corrected chi connectivity index (χ1v) is 9.13. The highest BCUT2D eigenvalue weighted by Gasteiger charge is 2.16. The Hall–Kier alpha value is -3.07. The molecule has 3 aromatic heterocycles. The van der Waals surface area contributed by atoms with Crippen molar-refractivity contribution in [3.8, 4) is 23.0 Å². The first-order chi connectivity index (χ1) is 13.1. The third-order valence-electron chi connectivity index (χ3n) is 3.88. The molecule has 1 aromatic carbocycles. The van der Waals surface area contributed by atoms with Gasteiger partial charge in [-0.1, -0.05) is 34.6 Å². The maximum atomic E-state index is 14.0. The van der Waals surface area contributed by atoms with Gasteiger partial charge in [0.2, 0.25) is 0 Å². The number of pyridine rings is 1. The van der Waals surface area contributed by atoms with E-state index in [1.807, 2.05) is 36.7 Å². The molecule has 4 rings (SSSR count). The fourth-order valence-corrected chi connectivity index (χ4v) is 3.27. The van der Waals surface area contributed by atoms with Crippen molar-refractivity contribution in [2.75, 3.05) is 0 Å². The molecule has 0 aliphatic carbocycles. The molecule has 0 saturated carbocycles. The second kappa shape index (κ2) is 7.28. The SMILES string of the molecule is Cc1ccc(F)c(-c2nc(CSc3nnc(-c4ccccn4)n3C)no2)c1. The van der Waals surface area contributed by atoms with Crippen molar-refractivity contribution in [2.24, 2.45) is 7.05 Å². The average Bonchev–Trinajstić information content (AvgIpc) is 3.29. The number of hydrogen-bond acceptors (Lipinski definition) is 7. The van der Waals surface area contributed by atoms with Crippen LogP contribution in [0.2, 0.25) is 0 Å². The summed E-state index contributed by atoms with van der Waals surface area (Å²) in [5.41, 5.74) is 1.97. The molecule has 0 fully saturated rings. The van der Waals surface area contributed by atoms with E-state index >= 15 is 0 Å². The van der Waals surface area contributed by atoms with Crippen LogP contribution in [0.15, 0.2) is 52.3 Å². The number of aromatic nitrogens is 6. The largest absolute Gasteiger partial charge is 0.334 e. The summed E-state index contributed by atoms with van der Waals surface area (Å²) < 4.78 is 21.0. The zero-order chi connectivity index (χ0) is 18.8. The minimum absolute atomic E-state index is 0.166. The lowest BCUT2D eigenvalue weighted by Gasteiger charge is -2.01. The summed E-state index contributed by atoms with van der Waals surface area (Å²) in [7, 11) is 1.87. The van der Waals surface area contributed by atoms with Crippen LogP contribution in [0.4, 0.5) is 4.39 Å². The van der Waals surface area contributed by atoms with E-state index in [1.165, 1.54) is 17.8 Å². The lowest BCUT2D eigenvalue weighted by molar-refractivity contribution is 0.422. The molecule has 136 valence electrons. The Morgan fingerprint density at radius 2 is 2.07 bits per heavy atom. The van der Waals surface area contributed by atoms with Crippen molar-refractivity contribution in [1.29, 1.82) is 0 Å². The Balaban J connectivity index is 1.50. The summed E-state index contributed by atoms with van der Waals surface area (Å²) in [4.78, 5) is 8.57. The lowest BCUT2D eigenvalue weighted by Crippen LogP contribution is -1.96. The summed E-state index contributed by atoms with van der Waals surface area (Å²) in [6, 6.07) is 10.4. The second-order valence-corrected chi connectivity index (χ2v) is 6.81. The normalized spacial score (nSPS) is 11.1. The van der Waals surface area contributed by atoms with E-state index in [4.69, 9.17) is 4.52 Å². The standard InChI is InChI=1S/C18H15FN6OS/c1-11-6-7-13(19)12(9-11)17-21-15(24-26-17)10-27-18-23-22-16(25(18)2)14-5-3-4-8-20-14/h3-9H,10H2,1-2H3. The fourth-order valence-electron chi connectivity index (χ4n) is 2.51. The van der Waals surface area contributed by atoms with Gasteiger partial charge in [-0.3, -0.25) is 4.98 Å². The smallest absolute Gasteiger partial charge is 0.260 e. The average molecular weight is 382 g/mol. The van der Waals surface area contributed by atoms with E-state index in [9.17, 15) is 4.39 Å². The number of nitrogens with zero attached hydrogens (tertiary/aromatic N) is 6. The summed E-state index contributed by atoms with van der Waals surface area (Å²) >= 11 is 1.41. The monoisotopic (exact) mass is 382 g/mol. The summed E-state index contributed by atoms with van der Waals surface area (Å²) in [6.07, 6.45) is 1.71. The maximum absolute atomic E-state index is 14.0. The predicted molar refractivity (Wildman–Crippen MR) is 98.2 cm³/mol. The molecule has 7 nitrogen and oxygen atoms in total. The summed E-state index contributed by atoms with van der Waals surface area (Å²) in [6.45, 7) is 1.88. The molecule has 0 unspecified atom stereocenters. The Labute approximate surface area is 158 Å². The topological polar surface area (TPSA) is 82.5 Å². The second-order valence-electron chi connectivity index (χ2n) is 5.87. The van der Waals surface area contributed by atoms with Crippen LogP contribution in [-0.2, 0) is 12.8 Å². The fraction of sp³-hybridized carbons (Fsp3) is 0.167. The highest BCUT2D eigenvalue weighted by molar-refractivity contribution is 7.98. The van der Waals surface area contributed by atoms with Gasteiger partial charge in [0.1, 0.15) is 11.5 Å². The van der Waals surface area contributed by atoms with Crippen molar-refractivity contribution < 1.29 is 8.91 Å². The van der Waals surface area contributed by atoms with Gasteiger partial charge in [-0.15, -0.1) is 10.2 Å². The van der Waals surface area contributed by atoms with Crippen LogP contribution in [0.3, 0.4) is 0 Å². The Morgan fingerprint density at radius 1 is 1.19 bits per heavy atom. The zero-order valence-corrected chi connectivity index (χ0v) is 15.4. The minimum atomic E-state index is -0.392. The van der Waals surface area contributed by atoms with Gasteiger partial charge < -0.3 is 9.09 Å². The molecule has 0 atom stereocenters. The van der Waals surface area contributed by atoms with Gasteiger partial charge in [0, 0.05) is 13.2 Å². The van der Waals surface area contributed by atoms with E-state index in [-0.39, 0.29) is 5.89 Å². The molecule has 0 radical (unpaired) electrons. The van der Waals surface area contributed by atoms with E-state index in [0.29, 0.717) is 28.1 Å². The molecule has 0 aliphatic rings. The molecule has 0 aliphatic heterocycles. The number of benzene rings is 1. The Bertz CT molecular complexity index is 1080. The van der Waals surface area contributed by atoms with Crippen LogP contribution < -0.4 is 0 Å². The number of aryl methyl sites for hydroxylation is 1. The van der Waals surface area contributed by atoms with Gasteiger partial charge in [-0.25, -0.2) is 4.39 Å². The van der Waals surface area contributed by atoms with E-state index in [2.05, 4.69) is 25.3 Å². The predicted octanol–water partition coefficient (Wildman–Crippen LogP) is 3.67. The third kappa shape index (κ3) is 3.59. The van der Waals surface area contributed by atoms with Gasteiger partial charge in [-0.05, 0) is 31.2 Å². The van der Waals surface area contributed by atoms with Crippen molar-refractivity contribution in [1.82, 2.24) is 29.9 Å². The molecule has 0 N–H and O–H groups in total. The first-order valence-electron chi connectivity index (χ1n) is 8.14. The van der Waals surface area contributed by atoms with Gasteiger partial charge >= 0.3 is 0 Å². The van der Waals surface area contributed by atoms with Crippen molar-refractivity contribution in [2.45, 2.75) is 17.8 Å². The van der Waals surface area contributed by atoms with Crippen molar-refractivity contribution in [3.05, 3.63) is 59.8 Å². The van der Waals surface area contributed by atoms with Gasteiger partial charge in [0.15, 0.2) is 16.8 Å². The molecule has 0 spiro atoms. The summed E-state index contributed by atoms with van der Waals surface area (Å²) in [5.74, 6) is 1.33. The number of hydrogen-bond donors (Lipinski definition) is 0. The van der Waals surface area contributed by atoms with Crippen LogP contribution in [0, 0.1) is 12.7 Å². The minimum Gasteiger partial charge on any atom is -0.334 e. The summed E-state index contributed by atoms with van der Waals surface area (Å²) in [5, 5.41) is 13.0. The first kappa shape index (κ1) is 17.3. The molecule has 27 heavy (non-hydrogen) atoms. The molecule has 0 bridgehead atoms. The zero-order valence-electron chi connectivity index (χ0n) is 14.6. The Kier molecular flexibility index (Phi) is 4.68. The molecular weight excluding hydrogens is 367 g/mol. The van der Waals surface area contributed by atoms with Crippen molar-refractivity contribution >= 4 is 11.8 Å². The van der Waals surface area contributed by atoms with Crippen LogP contribution in [0.25, 0.3) is 23.0 Å². The number of thioether (sulfide) groups is 1. The molecule has 9 heteroatoms. The lowest BCUT2D eigenvalue weighted by atomic mass is 10.1. The van der Waals surface area contributed by atoms with Gasteiger partial charge in [0.25, 0.3) is 5.89 Å². The maximum Gasteiger partial charge on any atom is 0.260 e. The van der Waals surface area contributed by atoms with Gasteiger partial charge in [-0.2, -0.15) is 4.98 Å². The van der Waals surface area contributed by atoms with E-state index < -0.39 is 5.82 Å². The molecule has 4 aromatic rings. The van der Waals surface area contributed by atoms with Crippen LogP contribution in [0.1, 0.15) is 11.4 Å². The molecule has 0 saturated heterocycles. The van der Waals surface area contributed by atoms with Crippen molar-refractivity contribution in [3.63, 3.8) is 0 Å². The Morgan fingerprint density at radius 3 is 2.89 bits per heavy atom. The highest BCUT2D eigenvalue weighted by Crippen LogP contribution is 2.26. The van der Waals surface area contributed by atoms with Gasteiger partial charge in [0.05, 0.1) is 11.3 Å². The quantitative estimate of drug-likeness (QED) is 0.487. The molecule has 3 heterocycles. The highest BCUT2D eigenvalue weighted by atomic mass is 32.2.